The number of fused-ring (bicyclic) bond motifs is 1. The molecule has 0 aliphatic heterocycles. The maximum atomic E-state index is 11.0. The Hall–Kier alpha value is -1.42. The van der Waals surface area contributed by atoms with Gasteiger partial charge in [-0.2, -0.15) is 11.8 Å². The fraction of sp³-hybridized carbons (Fsp3) is 0.182. The number of nitrogens with one attached hydrogen (secondary N) is 1. The first-order chi connectivity index (χ1) is 7.24. The van der Waals surface area contributed by atoms with Crippen molar-refractivity contribution >= 4 is 28.6 Å². The van der Waals surface area contributed by atoms with E-state index in [4.69, 9.17) is 5.11 Å². The molecule has 0 saturated carbocycles. The van der Waals surface area contributed by atoms with Crippen LogP contribution in [0.2, 0.25) is 0 Å². The first-order valence-electron chi connectivity index (χ1n) is 4.55. The summed E-state index contributed by atoms with van der Waals surface area (Å²) in [5.41, 5.74) is 2.20. The highest BCUT2D eigenvalue weighted by Crippen LogP contribution is 2.24. The Labute approximate surface area is 91.5 Å². The second-order valence-electron chi connectivity index (χ2n) is 3.28. The number of H-pyrrole nitrogens is 1. The Balaban J connectivity index is 2.63. The average molecular weight is 221 g/mol. The molecule has 78 valence electrons. The van der Waals surface area contributed by atoms with Gasteiger partial charge in [-0.3, -0.25) is 0 Å². The van der Waals surface area contributed by atoms with Crippen LogP contribution in [0.1, 0.15) is 15.9 Å². The van der Waals surface area contributed by atoms with Gasteiger partial charge in [-0.1, -0.05) is 12.1 Å². The molecule has 1 heterocycles. The number of hydrogen-bond acceptors (Lipinski definition) is 2. The van der Waals surface area contributed by atoms with Crippen molar-refractivity contribution in [3.63, 3.8) is 0 Å². The van der Waals surface area contributed by atoms with Crippen LogP contribution >= 0.6 is 11.8 Å². The number of aromatic amines is 1. The van der Waals surface area contributed by atoms with Gasteiger partial charge in [0.15, 0.2) is 0 Å². The predicted molar refractivity (Wildman–Crippen MR) is 62.5 cm³/mol. The number of rotatable bonds is 3. The zero-order chi connectivity index (χ0) is 10.8. The number of benzene rings is 1. The van der Waals surface area contributed by atoms with Crippen molar-refractivity contribution in [1.29, 1.82) is 0 Å². The summed E-state index contributed by atoms with van der Waals surface area (Å²) in [7, 11) is 0. The minimum absolute atomic E-state index is 0.333. The number of carboxylic acid groups (broad SMARTS) is 1. The largest absolute Gasteiger partial charge is 0.478 e. The van der Waals surface area contributed by atoms with Crippen LogP contribution in [0, 0.1) is 0 Å². The van der Waals surface area contributed by atoms with Gasteiger partial charge in [-0.25, -0.2) is 4.79 Å². The number of thioether (sulfide) groups is 1. The van der Waals surface area contributed by atoms with Crippen molar-refractivity contribution in [3.8, 4) is 0 Å². The molecule has 2 aromatic rings. The van der Waals surface area contributed by atoms with Crippen molar-refractivity contribution in [3.05, 3.63) is 35.5 Å². The van der Waals surface area contributed by atoms with E-state index in [1.54, 1.807) is 23.9 Å². The van der Waals surface area contributed by atoms with Gasteiger partial charge in [0, 0.05) is 17.3 Å². The lowest BCUT2D eigenvalue weighted by Gasteiger charge is -1.98. The molecule has 4 heteroatoms. The fourth-order valence-corrected chi connectivity index (χ4v) is 2.22. The Morgan fingerprint density at radius 3 is 3.00 bits per heavy atom. The smallest absolute Gasteiger partial charge is 0.337 e. The predicted octanol–water partition coefficient (Wildman–Crippen LogP) is 2.73. The molecule has 1 aromatic carbocycles. The van der Waals surface area contributed by atoms with Gasteiger partial charge in [0.2, 0.25) is 0 Å². The second-order valence-corrected chi connectivity index (χ2v) is 4.15. The van der Waals surface area contributed by atoms with E-state index < -0.39 is 5.97 Å². The van der Waals surface area contributed by atoms with Crippen LogP contribution in [0.25, 0.3) is 10.9 Å². The molecule has 0 atom stereocenters. The molecule has 15 heavy (non-hydrogen) atoms. The van der Waals surface area contributed by atoms with Gasteiger partial charge in [-0.05, 0) is 17.9 Å². The normalized spacial score (nSPS) is 10.7. The van der Waals surface area contributed by atoms with Crippen LogP contribution in [0.5, 0.6) is 0 Å². The quantitative estimate of drug-likeness (QED) is 0.837. The minimum atomic E-state index is -0.891. The summed E-state index contributed by atoms with van der Waals surface area (Å²) >= 11 is 1.72. The molecule has 0 spiro atoms. The molecule has 0 aliphatic carbocycles. The minimum Gasteiger partial charge on any atom is -0.478 e. The van der Waals surface area contributed by atoms with E-state index in [1.165, 1.54) is 0 Å². The first kappa shape index (κ1) is 10.1. The lowest BCUT2D eigenvalue weighted by atomic mass is 10.1. The Morgan fingerprint density at radius 2 is 2.33 bits per heavy atom. The van der Waals surface area contributed by atoms with Crippen LogP contribution in [0.4, 0.5) is 0 Å². The molecule has 3 nitrogen and oxygen atoms in total. The summed E-state index contributed by atoms with van der Waals surface area (Å²) in [5, 5.41) is 10.0. The van der Waals surface area contributed by atoms with Crippen molar-refractivity contribution in [2.24, 2.45) is 0 Å². The van der Waals surface area contributed by atoms with E-state index in [0.29, 0.717) is 11.1 Å². The van der Waals surface area contributed by atoms with Crippen LogP contribution < -0.4 is 0 Å². The third-order valence-corrected chi connectivity index (χ3v) is 2.93. The van der Waals surface area contributed by atoms with Crippen molar-refractivity contribution < 1.29 is 9.90 Å². The summed E-state index contributed by atoms with van der Waals surface area (Å²) < 4.78 is 0. The van der Waals surface area contributed by atoms with Crippen molar-refractivity contribution in [1.82, 2.24) is 4.98 Å². The maximum absolute atomic E-state index is 11.0. The highest BCUT2D eigenvalue weighted by molar-refractivity contribution is 7.97. The molecule has 0 radical (unpaired) electrons. The lowest BCUT2D eigenvalue weighted by molar-refractivity contribution is 0.0699. The molecule has 0 unspecified atom stereocenters. The molecule has 1 aromatic heterocycles. The molecule has 0 bridgehead atoms. The van der Waals surface area contributed by atoms with Crippen LogP contribution in [-0.2, 0) is 5.75 Å². The lowest BCUT2D eigenvalue weighted by Crippen LogP contribution is -1.96. The van der Waals surface area contributed by atoms with Crippen LogP contribution in [0.15, 0.2) is 24.4 Å². The highest BCUT2D eigenvalue weighted by Gasteiger charge is 2.11. The second kappa shape index (κ2) is 3.98. The third kappa shape index (κ3) is 1.72. The van der Waals surface area contributed by atoms with Gasteiger partial charge in [-0.15, -0.1) is 0 Å². The summed E-state index contributed by atoms with van der Waals surface area (Å²) in [5.74, 6) is 0.00134. The zero-order valence-electron chi connectivity index (χ0n) is 8.28. The Bertz CT molecular complexity index is 504. The maximum Gasteiger partial charge on any atom is 0.337 e. The number of aromatic carboxylic acids is 1. The monoisotopic (exact) mass is 221 g/mol. The summed E-state index contributed by atoms with van der Waals surface area (Å²) in [6.07, 6.45) is 3.91. The third-order valence-electron chi connectivity index (χ3n) is 2.33. The van der Waals surface area contributed by atoms with E-state index in [-0.39, 0.29) is 0 Å². The molecule has 0 amide bonds. The van der Waals surface area contributed by atoms with E-state index in [2.05, 4.69) is 4.98 Å². The number of carboxylic acids is 1. The summed E-state index contributed by atoms with van der Waals surface area (Å²) in [4.78, 5) is 14.0. The summed E-state index contributed by atoms with van der Waals surface area (Å²) in [6.45, 7) is 0. The Kier molecular flexibility index (Phi) is 2.68. The van der Waals surface area contributed by atoms with Crippen LogP contribution in [-0.4, -0.2) is 22.3 Å². The first-order valence-corrected chi connectivity index (χ1v) is 5.94. The highest BCUT2D eigenvalue weighted by atomic mass is 32.2. The Morgan fingerprint density at radius 1 is 1.53 bits per heavy atom. The fourth-order valence-electron chi connectivity index (χ4n) is 1.67. The van der Waals surface area contributed by atoms with Gasteiger partial charge >= 0.3 is 5.97 Å². The summed E-state index contributed by atoms with van der Waals surface area (Å²) in [6, 6.07) is 5.34. The van der Waals surface area contributed by atoms with Crippen molar-refractivity contribution in [2.75, 3.05) is 6.26 Å². The van der Waals surface area contributed by atoms with Gasteiger partial charge < -0.3 is 10.1 Å². The van der Waals surface area contributed by atoms with Gasteiger partial charge in [0.1, 0.15) is 0 Å². The van der Waals surface area contributed by atoms with Crippen LogP contribution in [0.3, 0.4) is 0 Å². The van der Waals surface area contributed by atoms with E-state index >= 15 is 0 Å². The standard InChI is InChI=1S/C11H11NO2S/c1-15-6-7-5-12-10-8(7)3-2-4-9(10)11(13)14/h2-5,12H,6H2,1H3,(H,13,14). The number of hydrogen-bond donors (Lipinski definition) is 2. The van der Waals surface area contributed by atoms with E-state index in [1.807, 2.05) is 18.5 Å². The number of carbonyl (C=O) groups is 1. The topological polar surface area (TPSA) is 53.1 Å². The molecule has 2 rings (SSSR count). The molecule has 2 N–H and O–H groups in total. The zero-order valence-corrected chi connectivity index (χ0v) is 9.10. The van der Waals surface area contributed by atoms with Gasteiger partial charge in [0.05, 0.1) is 11.1 Å². The average Bonchev–Trinajstić information content (AvgIpc) is 2.62. The molecule has 0 saturated heterocycles. The molecule has 0 aliphatic rings. The molecular weight excluding hydrogens is 210 g/mol. The number of para-hydroxylation sites is 1. The SMILES string of the molecule is CSCc1c[nH]c2c(C(=O)O)cccc12. The van der Waals surface area contributed by atoms with Crippen molar-refractivity contribution in [2.45, 2.75) is 5.75 Å². The number of aromatic nitrogens is 1. The van der Waals surface area contributed by atoms with Gasteiger partial charge in [0.25, 0.3) is 0 Å². The molecule has 0 fully saturated rings. The van der Waals surface area contributed by atoms with E-state index in [0.717, 1.165) is 16.7 Å². The van der Waals surface area contributed by atoms with E-state index in [9.17, 15) is 4.79 Å². The molecular formula is C11H11NO2S.